The van der Waals surface area contributed by atoms with Crippen LogP contribution in [0, 0.1) is 0 Å². The summed E-state index contributed by atoms with van der Waals surface area (Å²) in [5.41, 5.74) is 0.112. The quantitative estimate of drug-likeness (QED) is 0.740. The fraction of sp³-hybridized carbons (Fsp3) is 0.143. The predicted molar refractivity (Wildman–Crippen MR) is 72.5 cm³/mol. The molecule has 21 heavy (non-hydrogen) atoms. The molecule has 0 atom stereocenters. The van der Waals surface area contributed by atoms with Crippen molar-refractivity contribution in [2.24, 2.45) is 0 Å². The second kappa shape index (κ2) is 8.24. The van der Waals surface area contributed by atoms with Gasteiger partial charge in [-0.2, -0.15) is 0 Å². The van der Waals surface area contributed by atoms with Crippen molar-refractivity contribution < 1.29 is 73.8 Å². The Hall–Kier alpha value is -0.469. The summed E-state index contributed by atoms with van der Waals surface area (Å²) in [5.74, 6) is 0.830. The first-order valence-corrected chi connectivity index (χ1v) is 6.05. The van der Waals surface area contributed by atoms with Crippen LogP contribution >= 0.6 is 0 Å². The van der Waals surface area contributed by atoms with E-state index in [1.807, 2.05) is 12.1 Å². The molecule has 7 heteroatoms. The molecule has 0 unspecified atom stereocenters. The molecule has 2 rings (SSSR count). The summed E-state index contributed by atoms with van der Waals surface area (Å²) >= 11 is 0. The van der Waals surface area contributed by atoms with Crippen LogP contribution in [-0.4, -0.2) is 14.1 Å². The molecule has 0 fully saturated rings. The minimum Gasteiger partial charge on any atom is -0.496 e. The van der Waals surface area contributed by atoms with E-state index in [0.29, 0.717) is 5.75 Å². The third kappa shape index (κ3) is 5.34. The van der Waals surface area contributed by atoms with Crippen molar-refractivity contribution in [2.45, 2.75) is 6.61 Å². The zero-order chi connectivity index (χ0) is 14.6. The number of methoxy groups -OCH3 is 1. The summed E-state index contributed by atoms with van der Waals surface area (Å²) in [4.78, 5) is 0. The maximum atomic E-state index is 12.6. The maximum Gasteiger partial charge on any atom is 1.00 e. The Bertz CT molecular complexity index is 590. The molecule has 0 spiro atoms. The van der Waals surface area contributed by atoms with Crippen LogP contribution in [0.4, 0.5) is 12.9 Å². The van der Waals surface area contributed by atoms with Gasteiger partial charge in [0.05, 0.1) is 7.11 Å². The molecule has 0 aliphatic heterocycles. The molecule has 0 bridgehead atoms. The Kier molecular flexibility index (Phi) is 7.29. The van der Waals surface area contributed by atoms with Crippen molar-refractivity contribution in [3.63, 3.8) is 0 Å². The van der Waals surface area contributed by atoms with Crippen LogP contribution in [0.2, 0.25) is 0 Å². The minimum absolute atomic E-state index is 0. The average Bonchev–Trinajstić information content (AvgIpc) is 2.45. The number of ether oxygens (including phenoxy) is 2. The topological polar surface area (TPSA) is 18.5 Å². The second-order valence-electron chi connectivity index (χ2n) is 4.25. The standard InChI is InChI=1S/C14H13BF3O2.K/c1-19-14-8-3-2-5-11(14)10-20-13-7-4-6-12(9-13)15(16,17)18;/h2-9H,10H2,1H3;/q-1;+1. The van der Waals surface area contributed by atoms with Gasteiger partial charge in [-0.05, 0) is 18.2 Å². The molecule has 2 aromatic carbocycles. The van der Waals surface area contributed by atoms with Crippen LogP contribution in [0.25, 0.3) is 0 Å². The number of rotatable bonds is 5. The summed E-state index contributed by atoms with van der Waals surface area (Å²) in [6.07, 6.45) is 0. The third-order valence-corrected chi connectivity index (χ3v) is 2.82. The molecule has 0 radical (unpaired) electrons. The fourth-order valence-corrected chi connectivity index (χ4v) is 1.79. The maximum absolute atomic E-state index is 12.6. The van der Waals surface area contributed by atoms with E-state index in [1.165, 1.54) is 19.2 Å². The van der Waals surface area contributed by atoms with Crippen LogP contribution < -0.4 is 66.3 Å². The van der Waals surface area contributed by atoms with E-state index in [9.17, 15) is 12.9 Å². The van der Waals surface area contributed by atoms with Crippen LogP contribution in [0.5, 0.6) is 11.5 Å². The molecule has 2 aromatic rings. The summed E-state index contributed by atoms with van der Waals surface area (Å²) in [7, 11) is 1.53. The SMILES string of the molecule is COc1ccccc1COc1cccc([B-](F)(F)F)c1.[K+]. The average molecular weight is 320 g/mol. The number of para-hydroxylation sites is 1. The molecule has 0 heterocycles. The number of hydrogen-bond donors (Lipinski definition) is 0. The van der Waals surface area contributed by atoms with E-state index in [2.05, 4.69) is 0 Å². The van der Waals surface area contributed by atoms with Gasteiger partial charge in [-0.25, -0.2) is 0 Å². The number of halogens is 3. The molecule has 0 saturated heterocycles. The van der Waals surface area contributed by atoms with Gasteiger partial charge in [-0.1, -0.05) is 30.3 Å². The largest absolute Gasteiger partial charge is 1.00 e. The molecular formula is C14H13BF3KO2. The first-order chi connectivity index (χ1) is 9.50. The van der Waals surface area contributed by atoms with Gasteiger partial charge in [0, 0.05) is 5.56 Å². The van der Waals surface area contributed by atoms with Gasteiger partial charge in [0.25, 0.3) is 0 Å². The fourth-order valence-electron chi connectivity index (χ4n) is 1.79. The summed E-state index contributed by atoms with van der Waals surface area (Å²) in [6, 6.07) is 12.1. The van der Waals surface area contributed by atoms with Crippen molar-refractivity contribution in [3.05, 3.63) is 54.1 Å². The predicted octanol–water partition coefficient (Wildman–Crippen LogP) is 0.333. The first kappa shape index (κ1) is 18.6. The molecule has 0 aromatic heterocycles. The van der Waals surface area contributed by atoms with Gasteiger partial charge < -0.3 is 22.4 Å². The van der Waals surface area contributed by atoms with E-state index < -0.39 is 12.4 Å². The van der Waals surface area contributed by atoms with Crippen molar-refractivity contribution >= 4 is 12.4 Å². The molecule has 0 aliphatic rings. The Morgan fingerprint density at radius 3 is 2.38 bits per heavy atom. The Balaban J connectivity index is 0.00000220. The van der Waals surface area contributed by atoms with Gasteiger partial charge in [0.15, 0.2) is 0 Å². The van der Waals surface area contributed by atoms with Gasteiger partial charge in [0.2, 0.25) is 0 Å². The number of hydrogen-bond acceptors (Lipinski definition) is 2. The normalized spacial score (nSPS) is 10.7. The van der Waals surface area contributed by atoms with Crippen LogP contribution in [-0.2, 0) is 6.61 Å². The van der Waals surface area contributed by atoms with Crippen molar-refractivity contribution in [1.82, 2.24) is 0 Å². The third-order valence-electron chi connectivity index (χ3n) is 2.82. The van der Waals surface area contributed by atoms with Crippen molar-refractivity contribution in [3.8, 4) is 11.5 Å². The molecule has 0 amide bonds. The summed E-state index contributed by atoms with van der Waals surface area (Å²) in [5, 5.41) is 0. The van der Waals surface area contributed by atoms with Gasteiger partial charge in [-0.15, -0.1) is 5.46 Å². The van der Waals surface area contributed by atoms with Gasteiger partial charge >= 0.3 is 58.4 Å². The Labute approximate surface area is 164 Å². The molecule has 2 nitrogen and oxygen atoms in total. The Morgan fingerprint density at radius 1 is 1.00 bits per heavy atom. The number of benzene rings is 2. The molecular weight excluding hydrogens is 307 g/mol. The minimum atomic E-state index is -5.01. The Morgan fingerprint density at radius 2 is 1.71 bits per heavy atom. The van der Waals surface area contributed by atoms with Crippen molar-refractivity contribution in [1.29, 1.82) is 0 Å². The monoisotopic (exact) mass is 320 g/mol. The zero-order valence-corrected chi connectivity index (χ0v) is 15.0. The molecule has 0 N–H and O–H groups in total. The van der Waals surface area contributed by atoms with Gasteiger partial charge in [-0.3, -0.25) is 0 Å². The summed E-state index contributed by atoms with van der Waals surface area (Å²) in [6.45, 7) is -4.86. The van der Waals surface area contributed by atoms with Gasteiger partial charge in [0.1, 0.15) is 18.1 Å². The van der Waals surface area contributed by atoms with Crippen LogP contribution in [0.15, 0.2) is 48.5 Å². The van der Waals surface area contributed by atoms with E-state index in [-0.39, 0.29) is 63.7 Å². The molecule has 0 aliphatic carbocycles. The van der Waals surface area contributed by atoms with Crippen molar-refractivity contribution in [2.75, 3.05) is 7.11 Å². The second-order valence-corrected chi connectivity index (χ2v) is 4.25. The van der Waals surface area contributed by atoms with Crippen LogP contribution in [0.3, 0.4) is 0 Å². The zero-order valence-electron chi connectivity index (χ0n) is 11.9. The smallest absolute Gasteiger partial charge is 0.496 e. The van der Waals surface area contributed by atoms with E-state index >= 15 is 0 Å². The van der Waals surface area contributed by atoms with E-state index in [4.69, 9.17) is 9.47 Å². The first-order valence-electron chi connectivity index (χ1n) is 6.05. The van der Waals surface area contributed by atoms with E-state index in [0.717, 1.165) is 17.7 Å². The summed E-state index contributed by atoms with van der Waals surface area (Å²) < 4.78 is 48.5. The van der Waals surface area contributed by atoms with Crippen LogP contribution in [0.1, 0.15) is 5.56 Å². The van der Waals surface area contributed by atoms with E-state index in [1.54, 1.807) is 12.1 Å². The molecule has 0 saturated carbocycles. The molecule has 106 valence electrons.